The highest BCUT2D eigenvalue weighted by molar-refractivity contribution is 5.94. The fourth-order valence-corrected chi connectivity index (χ4v) is 3.12. The van der Waals surface area contributed by atoms with E-state index in [0.717, 1.165) is 18.8 Å². The van der Waals surface area contributed by atoms with E-state index in [9.17, 15) is 19.5 Å². The van der Waals surface area contributed by atoms with E-state index in [4.69, 9.17) is 9.52 Å². The normalized spacial score (nSPS) is 12.0. The van der Waals surface area contributed by atoms with Gasteiger partial charge in [0.1, 0.15) is 11.6 Å². The minimum atomic E-state index is -1.15. The van der Waals surface area contributed by atoms with Crippen LogP contribution in [0.1, 0.15) is 26.7 Å². The first kappa shape index (κ1) is 20.3. The molecule has 146 valence electrons. The maximum atomic E-state index is 12.0. The molecule has 1 aromatic carbocycles. The van der Waals surface area contributed by atoms with Gasteiger partial charge in [-0.2, -0.15) is 0 Å². The van der Waals surface area contributed by atoms with Gasteiger partial charge in [0.2, 0.25) is 0 Å². The lowest BCUT2D eigenvalue weighted by Gasteiger charge is -2.27. The molecule has 8 nitrogen and oxygen atoms in total. The summed E-state index contributed by atoms with van der Waals surface area (Å²) in [4.78, 5) is 38.0. The second-order valence-corrected chi connectivity index (χ2v) is 6.20. The Morgan fingerprint density at radius 2 is 1.81 bits per heavy atom. The lowest BCUT2D eigenvalue weighted by molar-refractivity contribution is -0.139. The van der Waals surface area contributed by atoms with Gasteiger partial charge in [0.05, 0.1) is 5.69 Å². The maximum Gasteiger partial charge on any atom is 0.338 e. The number of benzene rings is 1. The van der Waals surface area contributed by atoms with E-state index >= 15 is 0 Å². The summed E-state index contributed by atoms with van der Waals surface area (Å²) in [7, 11) is 1.53. The lowest BCUT2D eigenvalue weighted by Crippen LogP contribution is -2.39. The smallest absolute Gasteiger partial charge is 0.338 e. The fourth-order valence-electron chi connectivity index (χ4n) is 3.12. The highest BCUT2D eigenvalue weighted by Crippen LogP contribution is 2.30. The number of likely N-dealkylation sites (N-methyl/N-ethyl adjacent to an activating group) is 1. The van der Waals surface area contributed by atoms with Crippen LogP contribution in [0.15, 0.2) is 33.5 Å². The van der Waals surface area contributed by atoms with Gasteiger partial charge in [-0.1, -0.05) is 0 Å². The van der Waals surface area contributed by atoms with Crippen molar-refractivity contribution in [1.82, 2.24) is 0 Å². The Kier molecular flexibility index (Phi) is 6.44. The van der Waals surface area contributed by atoms with E-state index in [1.807, 2.05) is 19.9 Å². The molecule has 1 atom stereocenters. The first-order valence-corrected chi connectivity index (χ1v) is 8.78. The van der Waals surface area contributed by atoms with Gasteiger partial charge in [0.15, 0.2) is 0 Å². The topological polar surface area (TPSA) is 111 Å². The summed E-state index contributed by atoms with van der Waals surface area (Å²) in [6.07, 6.45) is -0.368. The molecular weight excluding hydrogens is 352 g/mol. The molecule has 0 spiro atoms. The van der Waals surface area contributed by atoms with Crippen LogP contribution in [0.25, 0.3) is 11.0 Å². The minimum absolute atomic E-state index is 0.0829. The highest BCUT2D eigenvalue weighted by Gasteiger charge is 2.26. The number of fused-ring (bicyclic) bond motifs is 1. The molecular formula is C19H24N2O6. The van der Waals surface area contributed by atoms with Crippen LogP contribution in [0.3, 0.4) is 0 Å². The molecule has 1 heterocycles. The standard InChI is InChI=1S/C19H24N2O6/c1-4-21(5-2)12-6-7-13-15(11-18(24)27-16(13)10-12)20(3)14(19(25)26)8-9-17(22)23/h6-7,10-11,14H,4-5,8-9H2,1-3H3,(H,22,23)(H,25,26)/t14-/m0/s1. The van der Waals surface area contributed by atoms with Gasteiger partial charge in [-0.05, 0) is 32.4 Å². The van der Waals surface area contributed by atoms with Crippen molar-refractivity contribution in [1.29, 1.82) is 0 Å². The second-order valence-electron chi connectivity index (χ2n) is 6.20. The van der Waals surface area contributed by atoms with Crippen LogP contribution in [-0.2, 0) is 9.59 Å². The van der Waals surface area contributed by atoms with Gasteiger partial charge in [-0.25, -0.2) is 9.59 Å². The second kappa shape index (κ2) is 8.57. The number of carboxylic acid groups (broad SMARTS) is 2. The Hall–Kier alpha value is -3.03. The molecule has 0 saturated heterocycles. The van der Waals surface area contributed by atoms with Crippen LogP contribution in [0, 0.1) is 0 Å². The van der Waals surface area contributed by atoms with E-state index in [0.29, 0.717) is 16.7 Å². The average molecular weight is 376 g/mol. The molecule has 0 aliphatic heterocycles. The predicted molar refractivity (Wildman–Crippen MR) is 103 cm³/mol. The molecule has 0 aliphatic carbocycles. The van der Waals surface area contributed by atoms with E-state index < -0.39 is 23.6 Å². The quantitative estimate of drug-likeness (QED) is 0.642. The molecule has 2 N–H and O–H groups in total. The summed E-state index contributed by atoms with van der Waals surface area (Å²) in [5.74, 6) is -2.23. The summed E-state index contributed by atoms with van der Waals surface area (Å²) in [6.45, 7) is 5.63. The molecule has 0 fully saturated rings. The van der Waals surface area contributed by atoms with Crippen molar-refractivity contribution in [2.75, 3.05) is 29.9 Å². The number of carbonyl (C=O) groups is 2. The van der Waals surface area contributed by atoms with Crippen molar-refractivity contribution >= 4 is 34.3 Å². The summed E-state index contributed by atoms with van der Waals surface area (Å²) in [5.41, 5.74) is 1.06. The number of aliphatic carboxylic acids is 2. The third-order valence-electron chi connectivity index (χ3n) is 4.60. The summed E-state index contributed by atoms with van der Waals surface area (Å²) in [5, 5.41) is 18.9. The third-order valence-corrected chi connectivity index (χ3v) is 4.60. The molecule has 0 aliphatic rings. The molecule has 0 radical (unpaired) electrons. The summed E-state index contributed by atoms with van der Waals surface area (Å²) in [6, 6.07) is 5.59. The first-order chi connectivity index (χ1) is 12.8. The van der Waals surface area contributed by atoms with Crippen LogP contribution in [0.4, 0.5) is 11.4 Å². The molecule has 0 bridgehead atoms. The van der Waals surface area contributed by atoms with Crippen LogP contribution in [0.2, 0.25) is 0 Å². The van der Waals surface area contributed by atoms with Crippen molar-refractivity contribution in [2.45, 2.75) is 32.7 Å². The minimum Gasteiger partial charge on any atom is -0.481 e. The van der Waals surface area contributed by atoms with Crippen molar-refractivity contribution in [3.05, 3.63) is 34.7 Å². The maximum absolute atomic E-state index is 12.0. The third kappa shape index (κ3) is 4.58. The van der Waals surface area contributed by atoms with Gasteiger partial charge >= 0.3 is 17.6 Å². The number of hydrogen-bond donors (Lipinski definition) is 2. The van der Waals surface area contributed by atoms with Gasteiger partial charge in [-0.15, -0.1) is 0 Å². The number of rotatable bonds is 9. The van der Waals surface area contributed by atoms with E-state index in [1.54, 1.807) is 12.1 Å². The number of carboxylic acids is 2. The Morgan fingerprint density at radius 1 is 1.15 bits per heavy atom. The number of anilines is 2. The zero-order valence-electron chi connectivity index (χ0n) is 15.6. The van der Waals surface area contributed by atoms with E-state index in [1.165, 1.54) is 18.0 Å². The Labute approximate surface area is 156 Å². The highest BCUT2D eigenvalue weighted by atomic mass is 16.4. The fraction of sp³-hybridized carbons (Fsp3) is 0.421. The van der Waals surface area contributed by atoms with Gasteiger partial charge < -0.3 is 24.4 Å². The SMILES string of the molecule is CCN(CC)c1ccc2c(N(C)[C@@H](CCC(=O)O)C(=O)O)cc(=O)oc2c1. The largest absolute Gasteiger partial charge is 0.481 e. The van der Waals surface area contributed by atoms with Crippen molar-refractivity contribution in [3.63, 3.8) is 0 Å². The average Bonchev–Trinajstić information content (AvgIpc) is 2.61. The number of hydrogen-bond acceptors (Lipinski definition) is 6. The van der Waals surface area contributed by atoms with Crippen LogP contribution < -0.4 is 15.4 Å². The molecule has 2 aromatic rings. The van der Waals surface area contributed by atoms with Crippen LogP contribution in [-0.4, -0.2) is 48.3 Å². The first-order valence-electron chi connectivity index (χ1n) is 8.78. The summed E-state index contributed by atoms with van der Waals surface area (Å²) < 4.78 is 5.32. The molecule has 0 unspecified atom stereocenters. The lowest BCUT2D eigenvalue weighted by atomic mass is 10.1. The number of nitrogens with zero attached hydrogens (tertiary/aromatic N) is 2. The monoisotopic (exact) mass is 376 g/mol. The summed E-state index contributed by atoms with van der Waals surface area (Å²) >= 11 is 0. The molecule has 0 saturated carbocycles. The van der Waals surface area contributed by atoms with Crippen molar-refractivity contribution in [3.8, 4) is 0 Å². The van der Waals surface area contributed by atoms with Gasteiger partial charge in [-0.3, -0.25) is 4.79 Å². The molecule has 0 amide bonds. The Bertz CT molecular complexity index is 887. The van der Waals surface area contributed by atoms with E-state index in [2.05, 4.69) is 4.90 Å². The predicted octanol–water partition coefficient (Wildman–Crippen LogP) is 2.39. The van der Waals surface area contributed by atoms with Crippen molar-refractivity contribution in [2.24, 2.45) is 0 Å². The molecule has 27 heavy (non-hydrogen) atoms. The van der Waals surface area contributed by atoms with Gasteiger partial charge in [0, 0.05) is 49.8 Å². The molecule has 8 heteroatoms. The van der Waals surface area contributed by atoms with Gasteiger partial charge in [0.25, 0.3) is 0 Å². The molecule has 2 rings (SSSR count). The van der Waals surface area contributed by atoms with Crippen LogP contribution >= 0.6 is 0 Å². The van der Waals surface area contributed by atoms with Crippen molar-refractivity contribution < 1.29 is 24.2 Å². The molecule has 1 aromatic heterocycles. The Morgan fingerprint density at radius 3 is 2.37 bits per heavy atom. The van der Waals surface area contributed by atoms with Crippen LogP contribution in [0.5, 0.6) is 0 Å². The Balaban J connectivity index is 2.51. The zero-order valence-corrected chi connectivity index (χ0v) is 15.6. The van der Waals surface area contributed by atoms with E-state index in [-0.39, 0.29) is 12.8 Å². The zero-order chi connectivity index (χ0) is 20.1.